The van der Waals surface area contributed by atoms with Gasteiger partial charge in [-0.15, -0.1) is 0 Å². The van der Waals surface area contributed by atoms with E-state index in [1.807, 2.05) is 16.8 Å². The van der Waals surface area contributed by atoms with E-state index in [0.29, 0.717) is 11.3 Å². The fourth-order valence-corrected chi connectivity index (χ4v) is 1.96. The van der Waals surface area contributed by atoms with Crippen LogP contribution >= 0.6 is 0 Å². The monoisotopic (exact) mass is 259 g/mol. The molecular formula is C14H17N3O2. The zero-order valence-electron chi connectivity index (χ0n) is 11.1. The first kappa shape index (κ1) is 13.1. The Morgan fingerprint density at radius 2 is 2.26 bits per heavy atom. The number of carbonyl (C=O) groups excluding carboxylic acids is 1. The van der Waals surface area contributed by atoms with E-state index in [-0.39, 0.29) is 0 Å². The van der Waals surface area contributed by atoms with Crippen molar-refractivity contribution < 1.29 is 9.53 Å². The summed E-state index contributed by atoms with van der Waals surface area (Å²) in [5.74, 6) is 0.527. The molecule has 0 radical (unpaired) electrons. The smallest absolute Gasteiger partial charge is 0.340 e. The van der Waals surface area contributed by atoms with Gasteiger partial charge in [-0.1, -0.05) is 6.92 Å². The van der Waals surface area contributed by atoms with Gasteiger partial charge >= 0.3 is 5.97 Å². The van der Waals surface area contributed by atoms with E-state index in [1.165, 1.54) is 7.11 Å². The first-order valence-corrected chi connectivity index (χ1v) is 6.17. The van der Waals surface area contributed by atoms with Gasteiger partial charge in [-0.3, -0.25) is 0 Å². The van der Waals surface area contributed by atoms with Crippen LogP contribution in [0.25, 0.3) is 5.69 Å². The van der Waals surface area contributed by atoms with E-state index < -0.39 is 5.97 Å². The fraction of sp³-hybridized carbons (Fsp3) is 0.286. The number of esters is 1. The van der Waals surface area contributed by atoms with Gasteiger partial charge in [0, 0.05) is 30.2 Å². The number of hydrogen-bond acceptors (Lipinski definition) is 4. The SMILES string of the molecule is CCCc1nccn1-c1ccc(N)c(C(=O)OC)c1. The predicted molar refractivity (Wildman–Crippen MR) is 73.3 cm³/mol. The van der Waals surface area contributed by atoms with Gasteiger partial charge in [0.05, 0.1) is 12.7 Å². The van der Waals surface area contributed by atoms with Gasteiger partial charge in [0.25, 0.3) is 0 Å². The van der Waals surface area contributed by atoms with Crippen LogP contribution < -0.4 is 5.73 Å². The third-order valence-corrected chi connectivity index (χ3v) is 2.91. The van der Waals surface area contributed by atoms with Crippen LogP contribution in [0.3, 0.4) is 0 Å². The van der Waals surface area contributed by atoms with E-state index in [0.717, 1.165) is 24.4 Å². The number of carbonyl (C=O) groups is 1. The Hall–Kier alpha value is -2.30. The average molecular weight is 259 g/mol. The standard InChI is InChI=1S/C14H17N3O2/c1-3-4-13-16-7-8-17(13)10-5-6-12(15)11(9-10)14(18)19-2/h5-9H,3-4,15H2,1-2H3. The number of imidazole rings is 1. The van der Waals surface area contributed by atoms with Crippen LogP contribution in [0.2, 0.25) is 0 Å². The van der Waals surface area contributed by atoms with Gasteiger partial charge in [0.15, 0.2) is 0 Å². The molecule has 5 nitrogen and oxygen atoms in total. The van der Waals surface area contributed by atoms with Gasteiger partial charge in [0.2, 0.25) is 0 Å². The summed E-state index contributed by atoms with van der Waals surface area (Å²) in [6.07, 6.45) is 5.51. The summed E-state index contributed by atoms with van der Waals surface area (Å²) in [6.45, 7) is 2.10. The minimum absolute atomic E-state index is 0.371. The minimum atomic E-state index is -0.434. The van der Waals surface area contributed by atoms with Gasteiger partial charge in [-0.2, -0.15) is 0 Å². The highest BCUT2D eigenvalue weighted by Crippen LogP contribution is 2.19. The second-order valence-electron chi connectivity index (χ2n) is 4.23. The minimum Gasteiger partial charge on any atom is -0.465 e. The molecule has 5 heteroatoms. The van der Waals surface area contributed by atoms with E-state index in [1.54, 1.807) is 18.3 Å². The Morgan fingerprint density at radius 3 is 2.95 bits per heavy atom. The number of hydrogen-bond donors (Lipinski definition) is 1. The fourth-order valence-electron chi connectivity index (χ4n) is 1.96. The maximum absolute atomic E-state index is 11.6. The molecule has 0 amide bonds. The van der Waals surface area contributed by atoms with Crippen molar-refractivity contribution in [3.05, 3.63) is 42.0 Å². The molecule has 2 N–H and O–H groups in total. The third-order valence-electron chi connectivity index (χ3n) is 2.91. The maximum Gasteiger partial charge on any atom is 0.340 e. The molecule has 19 heavy (non-hydrogen) atoms. The molecule has 1 aromatic heterocycles. The summed E-state index contributed by atoms with van der Waals surface area (Å²) in [5, 5.41) is 0. The van der Waals surface area contributed by atoms with Crippen molar-refractivity contribution in [3.8, 4) is 5.69 Å². The number of ether oxygens (including phenoxy) is 1. The molecule has 1 aromatic carbocycles. The number of aryl methyl sites for hydroxylation is 1. The molecule has 0 fully saturated rings. The Balaban J connectivity index is 2.45. The number of aromatic nitrogens is 2. The Morgan fingerprint density at radius 1 is 1.47 bits per heavy atom. The molecule has 0 atom stereocenters. The van der Waals surface area contributed by atoms with Gasteiger partial charge in [-0.05, 0) is 24.6 Å². The molecule has 100 valence electrons. The Bertz CT molecular complexity index is 590. The number of nitrogens with zero attached hydrogens (tertiary/aromatic N) is 2. The van der Waals surface area contributed by atoms with Crippen molar-refractivity contribution in [1.29, 1.82) is 0 Å². The molecule has 1 heterocycles. The molecule has 0 saturated heterocycles. The Labute approximate surface area is 112 Å². The molecule has 2 aromatic rings. The number of anilines is 1. The quantitative estimate of drug-likeness (QED) is 0.675. The number of methoxy groups -OCH3 is 1. The van der Waals surface area contributed by atoms with Gasteiger partial charge in [0.1, 0.15) is 5.82 Å². The van der Waals surface area contributed by atoms with Crippen molar-refractivity contribution in [2.24, 2.45) is 0 Å². The first-order chi connectivity index (χ1) is 9.17. The van der Waals surface area contributed by atoms with Crippen LogP contribution in [0, 0.1) is 0 Å². The topological polar surface area (TPSA) is 70.1 Å². The van der Waals surface area contributed by atoms with Crippen molar-refractivity contribution in [2.75, 3.05) is 12.8 Å². The highest BCUT2D eigenvalue weighted by Gasteiger charge is 2.12. The predicted octanol–water partition coefficient (Wildman–Crippen LogP) is 2.19. The maximum atomic E-state index is 11.6. The highest BCUT2D eigenvalue weighted by molar-refractivity contribution is 5.95. The summed E-state index contributed by atoms with van der Waals surface area (Å²) in [6, 6.07) is 5.29. The van der Waals surface area contributed by atoms with Crippen molar-refractivity contribution in [3.63, 3.8) is 0 Å². The number of nitrogen functional groups attached to an aromatic ring is 1. The molecule has 0 unspecified atom stereocenters. The highest BCUT2D eigenvalue weighted by atomic mass is 16.5. The lowest BCUT2D eigenvalue weighted by Crippen LogP contribution is -2.08. The van der Waals surface area contributed by atoms with Gasteiger partial charge < -0.3 is 15.0 Å². The number of nitrogens with two attached hydrogens (primary N) is 1. The lowest BCUT2D eigenvalue weighted by atomic mass is 10.1. The zero-order chi connectivity index (χ0) is 13.8. The molecule has 0 aliphatic carbocycles. The normalized spacial score (nSPS) is 10.4. The lowest BCUT2D eigenvalue weighted by molar-refractivity contribution is 0.0602. The zero-order valence-corrected chi connectivity index (χ0v) is 11.1. The Kier molecular flexibility index (Phi) is 3.85. The molecule has 0 aliphatic rings. The van der Waals surface area contributed by atoms with Gasteiger partial charge in [-0.25, -0.2) is 9.78 Å². The summed E-state index contributed by atoms with van der Waals surface area (Å²) >= 11 is 0. The van der Waals surface area contributed by atoms with Crippen molar-refractivity contribution >= 4 is 11.7 Å². The van der Waals surface area contributed by atoms with Crippen LogP contribution in [0.15, 0.2) is 30.6 Å². The van der Waals surface area contributed by atoms with Crippen LogP contribution in [-0.4, -0.2) is 22.6 Å². The lowest BCUT2D eigenvalue weighted by Gasteiger charge is -2.10. The largest absolute Gasteiger partial charge is 0.465 e. The first-order valence-electron chi connectivity index (χ1n) is 6.17. The number of rotatable bonds is 4. The van der Waals surface area contributed by atoms with Crippen LogP contribution in [0.5, 0.6) is 0 Å². The second-order valence-corrected chi connectivity index (χ2v) is 4.23. The van der Waals surface area contributed by atoms with E-state index in [4.69, 9.17) is 10.5 Å². The van der Waals surface area contributed by atoms with Crippen LogP contribution in [0.4, 0.5) is 5.69 Å². The molecule has 0 aliphatic heterocycles. The third kappa shape index (κ3) is 2.59. The molecule has 0 saturated carbocycles. The summed E-state index contributed by atoms with van der Waals surface area (Å²) in [5.41, 5.74) is 7.43. The van der Waals surface area contributed by atoms with Crippen molar-refractivity contribution in [2.45, 2.75) is 19.8 Å². The second kappa shape index (κ2) is 5.56. The summed E-state index contributed by atoms with van der Waals surface area (Å²) in [7, 11) is 1.34. The summed E-state index contributed by atoms with van der Waals surface area (Å²) in [4.78, 5) is 16.0. The van der Waals surface area contributed by atoms with E-state index in [9.17, 15) is 4.79 Å². The average Bonchev–Trinajstić information content (AvgIpc) is 2.87. The van der Waals surface area contributed by atoms with Crippen LogP contribution in [-0.2, 0) is 11.2 Å². The summed E-state index contributed by atoms with van der Waals surface area (Å²) < 4.78 is 6.68. The molecule has 0 spiro atoms. The van der Waals surface area contributed by atoms with E-state index in [2.05, 4.69) is 11.9 Å². The van der Waals surface area contributed by atoms with E-state index >= 15 is 0 Å². The molecule has 0 bridgehead atoms. The number of benzene rings is 1. The molecule has 2 rings (SSSR count). The van der Waals surface area contributed by atoms with Crippen LogP contribution in [0.1, 0.15) is 29.5 Å². The molecular weight excluding hydrogens is 242 g/mol. The van der Waals surface area contributed by atoms with Crippen molar-refractivity contribution in [1.82, 2.24) is 9.55 Å².